The number of benzene rings is 1. The van der Waals surface area contributed by atoms with Crippen molar-refractivity contribution in [2.45, 2.75) is 63.7 Å². The summed E-state index contributed by atoms with van der Waals surface area (Å²) in [6, 6.07) is 3.22. The number of carbonyl (C=O) groups is 5. The average Bonchev–Trinajstić information content (AvgIpc) is 3.31. The molecule has 39 heavy (non-hydrogen) atoms. The van der Waals surface area contributed by atoms with Gasteiger partial charge in [0.05, 0.1) is 12.5 Å². The lowest BCUT2D eigenvalue weighted by atomic mass is 10.0. The SMILES string of the molecule is CCCNC(=O)[C@@H](C)NC(=O)[C@H](CC(=O)O)NC(=O)[C@H](CCSC)NC(=O)[C@@H](N)Cc1c[nH]c2ccccc12. The first kappa shape index (κ1) is 31.6. The van der Waals surface area contributed by atoms with Crippen molar-refractivity contribution in [3.8, 4) is 0 Å². The van der Waals surface area contributed by atoms with Gasteiger partial charge in [-0.05, 0) is 49.8 Å². The van der Waals surface area contributed by atoms with Crippen molar-refractivity contribution in [3.05, 3.63) is 36.0 Å². The number of nitrogens with two attached hydrogens (primary N) is 1. The molecule has 0 saturated carbocycles. The Morgan fingerprint density at radius 2 is 1.67 bits per heavy atom. The van der Waals surface area contributed by atoms with Crippen LogP contribution in [0.5, 0.6) is 0 Å². The highest BCUT2D eigenvalue weighted by atomic mass is 32.2. The molecule has 4 amide bonds. The van der Waals surface area contributed by atoms with Gasteiger partial charge in [-0.1, -0.05) is 25.1 Å². The Kier molecular flexibility index (Phi) is 12.8. The van der Waals surface area contributed by atoms with Crippen LogP contribution < -0.4 is 27.0 Å². The van der Waals surface area contributed by atoms with Crippen LogP contribution in [-0.4, -0.2) is 82.4 Å². The molecule has 13 heteroatoms. The van der Waals surface area contributed by atoms with E-state index in [1.807, 2.05) is 37.4 Å². The van der Waals surface area contributed by atoms with E-state index in [9.17, 15) is 29.1 Å². The average molecular weight is 563 g/mol. The third-order valence-corrected chi connectivity index (χ3v) is 6.65. The van der Waals surface area contributed by atoms with Gasteiger partial charge < -0.3 is 37.1 Å². The molecule has 2 rings (SSSR count). The first-order valence-corrected chi connectivity index (χ1v) is 14.2. The second-order valence-electron chi connectivity index (χ2n) is 9.19. The predicted molar refractivity (Wildman–Crippen MR) is 150 cm³/mol. The molecule has 0 aliphatic heterocycles. The normalized spacial score (nSPS) is 14.1. The maximum atomic E-state index is 13.1. The lowest BCUT2D eigenvalue weighted by Gasteiger charge is -2.24. The Morgan fingerprint density at radius 3 is 2.33 bits per heavy atom. The topological polar surface area (TPSA) is 196 Å². The van der Waals surface area contributed by atoms with Gasteiger partial charge in [0.25, 0.3) is 0 Å². The van der Waals surface area contributed by atoms with Crippen molar-refractivity contribution in [3.63, 3.8) is 0 Å². The van der Waals surface area contributed by atoms with Crippen molar-refractivity contribution >= 4 is 52.3 Å². The van der Waals surface area contributed by atoms with Gasteiger partial charge in [-0.3, -0.25) is 24.0 Å². The lowest BCUT2D eigenvalue weighted by molar-refractivity contribution is -0.141. The van der Waals surface area contributed by atoms with Crippen LogP contribution in [-0.2, 0) is 30.4 Å². The second kappa shape index (κ2) is 15.7. The number of H-pyrrole nitrogens is 1. The number of amides is 4. The van der Waals surface area contributed by atoms with Crippen molar-refractivity contribution in [1.29, 1.82) is 0 Å². The monoisotopic (exact) mass is 562 g/mol. The van der Waals surface area contributed by atoms with E-state index < -0.39 is 60.2 Å². The number of thioether (sulfide) groups is 1. The van der Waals surface area contributed by atoms with Crippen LogP contribution in [0, 0.1) is 0 Å². The quantitative estimate of drug-likeness (QED) is 0.151. The Labute approximate surface area is 231 Å². The first-order valence-electron chi connectivity index (χ1n) is 12.8. The molecule has 2 aromatic rings. The Bertz CT molecular complexity index is 1150. The van der Waals surface area contributed by atoms with Crippen LogP contribution in [0.4, 0.5) is 0 Å². The maximum absolute atomic E-state index is 13.1. The van der Waals surface area contributed by atoms with Gasteiger partial charge >= 0.3 is 5.97 Å². The third-order valence-electron chi connectivity index (χ3n) is 6.01. The number of rotatable bonds is 16. The van der Waals surface area contributed by atoms with E-state index >= 15 is 0 Å². The fraction of sp³-hybridized carbons (Fsp3) is 0.500. The summed E-state index contributed by atoms with van der Waals surface area (Å²) in [6.45, 7) is 3.76. The number of aliphatic carboxylic acids is 1. The van der Waals surface area contributed by atoms with Gasteiger partial charge in [0.2, 0.25) is 23.6 Å². The Balaban J connectivity index is 2.08. The largest absolute Gasteiger partial charge is 0.481 e. The Morgan fingerprint density at radius 1 is 1.00 bits per heavy atom. The van der Waals surface area contributed by atoms with Gasteiger partial charge in [0.1, 0.15) is 18.1 Å². The number of hydrogen-bond donors (Lipinski definition) is 7. The summed E-state index contributed by atoms with van der Waals surface area (Å²) in [5, 5.41) is 20.4. The van der Waals surface area contributed by atoms with Crippen LogP contribution in [0.1, 0.15) is 38.7 Å². The molecule has 0 fully saturated rings. The number of carboxylic acid groups (broad SMARTS) is 1. The summed E-state index contributed by atoms with van der Waals surface area (Å²) in [5.74, 6) is -3.33. The molecule has 0 radical (unpaired) electrons. The molecule has 0 aliphatic carbocycles. The molecule has 0 aliphatic rings. The summed E-state index contributed by atoms with van der Waals surface area (Å²) < 4.78 is 0. The maximum Gasteiger partial charge on any atom is 0.305 e. The number of fused-ring (bicyclic) bond motifs is 1. The van der Waals surface area contributed by atoms with Crippen LogP contribution in [0.25, 0.3) is 10.9 Å². The molecule has 4 atom stereocenters. The van der Waals surface area contributed by atoms with Crippen molar-refractivity contribution in [1.82, 2.24) is 26.3 Å². The fourth-order valence-electron chi connectivity index (χ4n) is 3.85. The smallest absolute Gasteiger partial charge is 0.305 e. The molecule has 1 aromatic carbocycles. The van der Waals surface area contributed by atoms with Gasteiger partial charge in [-0.25, -0.2) is 0 Å². The van der Waals surface area contributed by atoms with Gasteiger partial charge in [0, 0.05) is 23.6 Å². The molecule has 0 bridgehead atoms. The number of aromatic amines is 1. The molecule has 214 valence electrons. The Hall–Kier alpha value is -3.58. The van der Waals surface area contributed by atoms with Gasteiger partial charge in [-0.15, -0.1) is 0 Å². The minimum absolute atomic E-state index is 0.231. The zero-order valence-corrected chi connectivity index (χ0v) is 23.2. The highest BCUT2D eigenvalue weighted by Crippen LogP contribution is 2.19. The standard InChI is InChI=1S/C26H38N6O6S/c1-4-10-28-23(35)15(2)30-26(38)21(13-22(33)34)32-25(37)20(9-11-39-3)31-24(36)18(27)12-16-14-29-19-8-6-5-7-17(16)19/h5-8,14-15,18,20-21,29H,4,9-13,27H2,1-3H3,(H,28,35)(H,30,38)(H,31,36)(H,32,37)(H,33,34)/t15-,18+,20+,21+/m1/s1. The molecule has 0 unspecified atom stereocenters. The summed E-state index contributed by atoms with van der Waals surface area (Å²) in [5.41, 5.74) is 7.94. The molecular weight excluding hydrogens is 524 g/mol. The van der Waals surface area contributed by atoms with Crippen molar-refractivity contribution < 1.29 is 29.1 Å². The van der Waals surface area contributed by atoms with Crippen LogP contribution in [0.15, 0.2) is 30.5 Å². The van der Waals surface area contributed by atoms with Crippen molar-refractivity contribution in [2.75, 3.05) is 18.6 Å². The van der Waals surface area contributed by atoms with E-state index in [1.165, 1.54) is 18.7 Å². The minimum atomic E-state index is -1.45. The van der Waals surface area contributed by atoms with E-state index in [0.29, 0.717) is 18.7 Å². The van der Waals surface area contributed by atoms with E-state index in [4.69, 9.17) is 5.73 Å². The molecule has 1 aromatic heterocycles. The van der Waals surface area contributed by atoms with Crippen LogP contribution in [0.2, 0.25) is 0 Å². The highest BCUT2D eigenvalue weighted by Gasteiger charge is 2.30. The lowest BCUT2D eigenvalue weighted by Crippen LogP contribution is -2.58. The molecule has 12 nitrogen and oxygen atoms in total. The number of carbonyl (C=O) groups excluding carboxylic acids is 4. The highest BCUT2D eigenvalue weighted by molar-refractivity contribution is 7.98. The summed E-state index contributed by atoms with van der Waals surface area (Å²) in [7, 11) is 0. The van der Waals surface area contributed by atoms with E-state index in [1.54, 1.807) is 6.20 Å². The number of aromatic nitrogens is 1. The molecule has 8 N–H and O–H groups in total. The van der Waals surface area contributed by atoms with Gasteiger partial charge in [0.15, 0.2) is 0 Å². The fourth-order valence-corrected chi connectivity index (χ4v) is 4.32. The molecular formula is C26H38N6O6S. The van der Waals surface area contributed by atoms with Crippen LogP contribution >= 0.6 is 11.8 Å². The summed E-state index contributed by atoms with van der Waals surface area (Å²) in [6.07, 6.45) is 4.09. The first-order chi connectivity index (χ1) is 18.6. The van der Waals surface area contributed by atoms with E-state index in [0.717, 1.165) is 16.5 Å². The molecule has 0 saturated heterocycles. The summed E-state index contributed by atoms with van der Waals surface area (Å²) >= 11 is 1.46. The third kappa shape index (κ3) is 9.91. The van der Waals surface area contributed by atoms with Crippen molar-refractivity contribution in [2.24, 2.45) is 5.73 Å². The number of nitrogens with one attached hydrogen (secondary N) is 5. The number of para-hydroxylation sites is 1. The molecule has 1 heterocycles. The van der Waals surface area contributed by atoms with Gasteiger partial charge in [-0.2, -0.15) is 11.8 Å². The number of hydrogen-bond acceptors (Lipinski definition) is 7. The van der Waals surface area contributed by atoms with E-state index in [2.05, 4.69) is 26.3 Å². The zero-order valence-electron chi connectivity index (χ0n) is 22.4. The zero-order chi connectivity index (χ0) is 28.9. The second-order valence-corrected chi connectivity index (χ2v) is 10.2. The number of carboxylic acids is 1. The molecule has 0 spiro atoms. The van der Waals surface area contributed by atoms with Crippen LogP contribution in [0.3, 0.4) is 0 Å². The van der Waals surface area contributed by atoms with E-state index in [-0.39, 0.29) is 12.8 Å². The minimum Gasteiger partial charge on any atom is -0.481 e. The summed E-state index contributed by atoms with van der Waals surface area (Å²) in [4.78, 5) is 65.5. The predicted octanol–water partition coefficient (Wildman–Crippen LogP) is 0.266.